The second-order valence-corrected chi connectivity index (χ2v) is 7.37. The summed E-state index contributed by atoms with van der Waals surface area (Å²) < 4.78 is 13.4. The maximum Gasteiger partial charge on any atom is 0.123 e. The third-order valence-electron chi connectivity index (χ3n) is 5.53. The summed E-state index contributed by atoms with van der Waals surface area (Å²) in [6.45, 7) is 5.76. The van der Waals surface area contributed by atoms with Crippen molar-refractivity contribution in [1.82, 2.24) is 14.9 Å². The minimum atomic E-state index is -0.209. The van der Waals surface area contributed by atoms with Crippen LogP contribution >= 0.6 is 0 Å². The lowest BCUT2D eigenvalue weighted by molar-refractivity contribution is 0.211. The van der Waals surface area contributed by atoms with Crippen molar-refractivity contribution < 1.29 is 4.39 Å². The fourth-order valence-corrected chi connectivity index (χ4v) is 4.08. The van der Waals surface area contributed by atoms with Gasteiger partial charge in [0, 0.05) is 29.6 Å². The minimum Gasteiger partial charge on any atom is -0.358 e. The molecule has 0 amide bonds. The molecule has 2 aromatic heterocycles. The van der Waals surface area contributed by atoms with Crippen LogP contribution in [0.3, 0.4) is 0 Å². The Kier molecular flexibility index (Phi) is 5.35. The number of hydrogen-bond donors (Lipinski definition) is 1. The smallest absolute Gasteiger partial charge is 0.123 e. The highest BCUT2D eigenvalue weighted by molar-refractivity contribution is 5.82. The molecule has 1 fully saturated rings. The Bertz CT molecular complexity index is 862. The summed E-state index contributed by atoms with van der Waals surface area (Å²) in [7, 11) is 0. The molecule has 0 bridgehead atoms. The van der Waals surface area contributed by atoms with Crippen molar-refractivity contribution in [2.45, 2.75) is 32.1 Å². The van der Waals surface area contributed by atoms with Gasteiger partial charge in [-0.1, -0.05) is 6.92 Å². The Hall–Kier alpha value is -2.46. The molecule has 0 saturated carbocycles. The lowest BCUT2D eigenvalue weighted by atomic mass is 9.93. The lowest BCUT2D eigenvalue weighted by Gasteiger charge is -2.31. The average molecular weight is 363 g/mol. The van der Waals surface area contributed by atoms with Crippen LogP contribution in [-0.2, 0) is 0 Å². The van der Waals surface area contributed by atoms with E-state index in [1.165, 1.54) is 43.6 Å². The maximum absolute atomic E-state index is 13.4. The zero-order valence-corrected chi connectivity index (χ0v) is 15.8. The summed E-state index contributed by atoms with van der Waals surface area (Å²) in [5, 5.41) is 0. The normalized spacial score (nSPS) is 15.9. The molecule has 1 aliphatic heterocycles. The molecule has 1 saturated heterocycles. The van der Waals surface area contributed by atoms with E-state index >= 15 is 0 Å². The fraction of sp³-hybridized carbons (Fsp3) is 0.348. The fourth-order valence-electron chi connectivity index (χ4n) is 4.08. The number of benzene rings is 1. The van der Waals surface area contributed by atoms with Crippen LogP contribution in [0.25, 0.3) is 22.4 Å². The van der Waals surface area contributed by atoms with Crippen LogP contribution in [0, 0.1) is 5.82 Å². The first kappa shape index (κ1) is 17.9. The van der Waals surface area contributed by atoms with E-state index in [4.69, 9.17) is 0 Å². The number of likely N-dealkylation sites (tertiary alicyclic amines) is 1. The molecule has 0 aliphatic carbocycles. The van der Waals surface area contributed by atoms with Gasteiger partial charge in [-0.3, -0.25) is 4.98 Å². The van der Waals surface area contributed by atoms with Gasteiger partial charge in [0.05, 0.1) is 5.69 Å². The number of rotatable bonds is 5. The molecule has 1 N–H and O–H groups in total. The summed E-state index contributed by atoms with van der Waals surface area (Å²) in [5.41, 5.74) is 5.66. The summed E-state index contributed by atoms with van der Waals surface area (Å²) in [6, 6.07) is 13.1. The average Bonchev–Trinajstić information content (AvgIpc) is 3.15. The van der Waals surface area contributed by atoms with Gasteiger partial charge >= 0.3 is 0 Å². The topological polar surface area (TPSA) is 31.9 Å². The Morgan fingerprint density at radius 2 is 1.74 bits per heavy atom. The molecule has 4 heteroatoms. The largest absolute Gasteiger partial charge is 0.358 e. The maximum atomic E-state index is 13.4. The number of pyridine rings is 1. The highest BCUT2D eigenvalue weighted by Gasteiger charge is 2.23. The first-order valence-corrected chi connectivity index (χ1v) is 9.86. The first-order chi connectivity index (χ1) is 13.2. The molecule has 0 radical (unpaired) electrons. The van der Waals surface area contributed by atoms with Crippen molar-refractivity contribution in [3.05, 3.63) is 66.4 Å². The predicted octanol–water partition coefficient (Wildman–Crippen LogP) is 5.47. The van der Waals surface area contributed by atoms with E-state index in [0.717, 1.165) is 35.5 Å². The van der Waals surface area contributed by atoms with Gasteiger partial charge in [-0.25, -0.2) is 4.39 Å². The van der Waals surface area contributed by atoms with Crippen molar-refractivity contribution in [3.8, 4) is 22.4 Å². The van der Waals surface area contributed by atoms with Gasteiger partial charge in [0.25, 0.3) is 0 Å². The SMILES string of the molecule is CCCN1CCC(c2cc(-c3ccncc3)c(-c3ccc(F)cc3)[nH]2)CC1. The minimum absolute atomic E-state index is 0.209. The monoisotopic (exact) mass is 363 g/mol. The number of H-pyrrole nitrogens is 1. The Morgan fingerprint density at radius 3 is 2.41 bits per heavy atom. The van der Waals surface area contributed by atoms with Crippen LogP contribution in [0.5, 0.6) is 0 Å². The third kappa shape index (κ3) is 3.96. The number of aromatic nitrogens is 2. The highest BCUT2D eigenvalue weighted by Crippen LogP contribution is 2.37. The van der Waals surface area contributed by atoms with Gasteiger partial charge in [0.2, 0.25) is 0 Å². The summed E-state index contributed by atoms with van der Waals surface area (Å²) in [6.07, 6.45) is 7.21. The number of nitrogens with one attached hydrogen (secondary N) is 1. The standard InChI is InChI=1S/C23H26FN3/c1-2-13-27-14-9-18(10-15-27)22-16-21(17-7-11-25-12-8-17)23(26-22)19-3-5-20(24)6-4-19/h3-8,11-12,16,18,26H,2,9-10,13-15H2,1H3. The molecule has 0 spiro atoms. The Morgan fingerprint density at radius 1 is 1.04 bits per heavy atom. The van der Waals surface area contributed by atoms with Crippen LogP contribution in [0.2, 0.25) is 0 Å². The molecule has 3 aromatic rings. The molecule has 1 aromatic carbocycles. The van der Waals surface area contributed by atoms with Crippen molar-refractivity contribution in [3.63, 3.8) is 0 Å². The quantitative estimate of drug-likeness (QED) is 0.651. The second kappa shape index (κ2) is 8.05. The molecule has 1 aliphatic rings. The number of hydrogen-bond acceptors (Lipinski definition) is 2. The Balaban J connectivity index is 1.67. The van der Waals surface area contributed by atoms with Gasteiger partial charge < -0.3 is 9.88 Å². The van der Waals surface area contributed by atoms with Crippen LogP contribution in [-0.4, -0.2) is 34.5 Å². The van der Waals surface area contributed by atoms with Crippen LogP contribution in [0.4, 0.5) is 4.39 Å². The predicted molar refractivity (Wildman–Crippen MR) is 108 cm³/mol. The van der Waals surface area contributed by atoms with E-state index in [1.54, 1.807) is 0 Å². The van der Waals surface area contributed by atoms with Crippen LogP contribution < -0.4 is 0 Å². The molecular formula is C23H26FN3. The summed E-state index contributed by atoms with van der Waals surface area (Å²) in [4.78, 5) is 10.4. The van der Waals surface area contributed by atoms with Gasteiger partial charge in [0.15, 0.2) is 0 Å². The summed E-state index contributed by atoms with van der Waals surface area (Å²) in [5.74, 6) is 0.340. The van der Waals surface area contributed by atoms with E-state index in [9.17, 15) is 4.39 Å². The molecule has 3 nitrogen and oxygen atoms in total. The molecule has 3 heterocycles. The van der Waals surface area contributed by atoms with E-state index in [-0.39, 0.29) is 5.82 Å². The van der Waals surface area contributed by atoms with Gasteiger partial charge in [0.1, 0.15) is 5.82 Å². The van der Waals surface area contributed by atoms with E-state index in [1.807, 2.05) is 36.7 Å². The van der Waals surface area contributed by atoms with E-state index in [0.29, 0.717) is 5.92 Å². The van der Waals surface area contributed by atoms with E-state index < -0.39 is 0 Å². The highest BCUT2D eigenvalue weighted by atomic mass is 19.1. The zero-order valence-electron chi connectivity index (χ0n) is 15.8. The van der Waals surface area contributed by atoms with Gasteiger partial charge in [-0.05, 0) is 92.5 Å². The first-order valence-electron chi connectivity index (χ1n) is 9.86. The number of nitrogens with zero attached hydrogens (tertiary/aromatic N) is 2. The molecule has 27 heavy (non-hydrogen) atoms. The molecule has 140 valence electrons. The van der Waals surface area contributed by atoms with Crippen molar-refractivity contribution in [2.24, 2.45) is 0 Å². The van der Waals surface area contributed by atoms with Crippen molar-refractivity contribution >= 4 is 0 Å². The zero-order chi connectivity index (χ0) is 18.6. The Labute approximate surface area is 160 Å². The number of halogens is 1. The van der Waals surface area contributed by atoms with E-state index in [2.05, 4.69) is 27.9 Å². The van der Waals surface area contributed by atoms with Crippen molar-refractivity contribution in [1.29, 1.82) is 0 Å². The molecule has 4 rings (SSSR count). The number of piperidine rings is 1. The molecule has 0 unspecified atom stereocenters. The molecular weight excluding hydrogens is 337 g/mol. The van der Waals surface area contributed by atoms with Gasteiger partial charge in [-0.2, -0.15) is 0 Å². The van der Waals surface area contributed by atoms with Gasteiger partial charge in [-0.15, -0.1) is 0 Å². The van der Waals surface area contributed by atoms with Crippen LogP contribution in [0.1, 0.15) is 37.8 Å². The lowest BCUT2D eigenvalue weighted by Crippen LogP contribution is -2.33. The van der Waals surface area contributed by atoms with Crippen molar-refractivity contribution in [2.75, 3.05) is 19.6 Å². The van der Waals surface area contributed by atoms with Crippen LogP contribution in [0.15, 0.2) is 54.9 Å². The third-order valence-corrected chi connectivity index (χ3v) is 5.53. The number of aromatic amines is 1. The summed E-state index contributed by atoms with van der Waals surface area (Å²) >= 11 is 0. The second-order valence-electron chi connectivity index (χ2n) is 7.37. The molecule has 0 atom stereocenters.